The molecule has 0 fully saturated rings. The minimum absolute atomic E-state index is 0.218. The molecule has 0 bridgehead atoms. The first-order valence-electron chi connectivity index (χ1n) is 6.04. The Kier molecular flexibility index (Phi) is 4.95. The summed E-state index contributed by atoms with van der Waals surface area (Å²) >= 11 is 3.23. The molecule has 19 heavy (non-hydrogen) atoms. The third-order valence-electron chi connectivity index (χ3n) is 2.51. The van der Waals surface area contributed by atoms with Gasteiger partial charge in [0.15, 0.2) is 0 Å². The van der Waals surface area contributed by atoms with Crippen molar-refractivity contribution in [2.75, 3.05) is 13.1 Å². The minimum atomic E-state index is -0.665. The van der Waals surface area contributed by atoms with Gasteiger partial charge in [-0.15, -0.1) is 22.7 Å². The van der Waals surface area contributed by atoms with E-state index in [1.807, 2.05) is 30.5 Å². The van der Waals surface area contributed by atoms with Crippen molar-refractivity contribution in [2.24, 2.45) is 0 Å². The second-order valence-corrected chi connectivity index (χ2v) is 6.00. The molecule has 1 atom stereocenters. The zero-order valence-corrected chi connectivity index (χ0v) is 12.2. The van der Waals surface area contributed by atoms with E-state index >= 15 is 0 Å². The van der Waals surface area contributed by atoms with Gasteiger partial charge in [-0.05, 0) is 30.5 Å². The summed E-state index contributed by atoms with van der Waals surface area (Å²) in [4.78, 5) is 14.4. The molecule has 2 rings (SSSR count). The summed E-state index contributed by atoms with van der Waals surface area (Å²) in [6.07, 6.45) is -0.665. The highest BCUT2D eigenvalue weighted by molar-refractivity contribution is 7.21. The summed E-state index contributed by atoms with van der Waals surface area (Å²) in [5.41, 5.74) is 0. The molecule has 0 aliphatic carbocycles. The second kappa shape index (κ2) is 6.70. The van der Waals surface area contributed by atoms with Crippen LogP contribution in [0.15, 0.2) is 29.6 Å². The first-order valence-corrected chi connectivity index (χ1v) is 7.73. The predicted octanol–water partition coefficient (Wildman–Crippen LogP) is 2.83. The number of nitrogens with one attached hydrogen (secondary N) is 2. The number of aliphatic hydroxyl groups is 1. The van der Waals surface area contributed by atoms with Crippen LogP contribution in [0.2, 0.25) is 0 Å². The van der Waals surface area contributed by atoms with Crippen molar-refractivity contribution < 1.29 is 9.90 Å². The lowest BCUT2D eigenvalue weighted by atomic mass is 10.3. The van der Waals surface area contributed by atoms with Gasteiger partial charge in [0.25, 0.3) is 0 Å². The average Bonchev–Trinajstić information content (AvgIpc) is 3.06. The van der Waals surface area contributed by atoms with E-state index in [9.17, 15) is 9.90 Å². The number of carbonyl (C=O) groups excluding carboxylic acids is 1. The van der Waals surface area contributed by atoms with Crippen LogP contribution < -0.4 is 10.6 Å². The fourth-order valence-electron chi connectivity index (χ4n) is 1.60. The lowest BCUT2D eigenvalue weighted by Gasteiger charge is -2.10. The zero-order valence-electron chi connectivity index (χ0n) is 10.6. The van der Waals surface area contributed by atoms with Gasteiger partial charge in [0, 0.05) is 21.2 Å². The largest absolute Gasteiger partial charge is 0.386 e. The number of rotatable bonds is 5. The molecule has 0 radical (unpaired) electrons. The van der Waals surface area contributed by atoms with Gasteiger partial charge in [-0.2, -0.15) is 0 Å². The second-order valence-electron chi connectivity index (χ2n) is 3.94. The van der Waals surface area contributed by atoms with Gasteiger partial charge < -0.3 is 15.7 Å². The van der Waals surface area contributed by atoms with E-state index in [-0.39, 0.29) is 12.6 Å². The van der Waals surface area contributed by atoms with Gasteiger partial charge in [0.2, 0.25) is 0 Å². The Balaban J connectivity index is 1.93. The molecule has 0 aliphatic heterocycles. The molecule has 2 aromatic heterocycles. The van der Waals surface area contributed by atoms with Crippen molar-refractivity contribution in [1.82, 2.24) is 10.6 Å². The van der Waals surface area contributed by atoms with E-state index in [2.05, 4.69) is 16.7 Å². The fourth-order valence-corrected chi connectivity index (χ4v) is 3.42. The Morgan fingerprint density at radius 2 is 2.16 bits per heavy atom. The van der Waals surface area contributed by atoms with Gasteiger partial charge in [0.1, 0.15) is 6.10 Å². The van der Waals surface area contributed by atoms with Crippen LogP contribution in [0.3, 0.4) is 0 Å². The summed E-state index contributed by atoms with van der Waals surface area (Å²) in [5.74, 6) is 0. The summed E-state index contributed by atoms with van der Waals surface area (Å²) in [5, 5.41) is 17.3. The highest BCUT2D eigenvalue weighted by atomic mass is 32.1. The van der Waals surface area contributed by atoms with Gasteiger partial charge >= 0.3 is 6.03 Å². The summed E-state index contributed by atoms with van der Waals surface area (Å²) < 4.78 is 0. The molecule has 0 aliphatic rings. The predicted molar refractivity (Wildman–Crippen MR) is 79.7 cm³/mol. The molecule has 102 valence electrons. The molecule has 0 unspecified atom stereocenters. The van der Waals surface area contributed by atoms with Crippen molar-refractivity contribution >= 4 is 28.7 Å². The lowest BCUT2D eigenvalue weighted by molar-refractivity contribution is 0.176. The molecule has 2 amide bonds. The van der Waals surface area contributed by atoms with Crippen molar-refractivity contribution in [2.45, 2.75) is 13.0 Å². The number of urea groups is 1. The fraction of sp³-hybridized carbons (Fsp3) is 0.308. The first kappa shape index (κ1) is 14.0. The van der Waals surface area contributed by atoms with Gasteiger partial charge in [-0.1, -0.05) is 6.07 Å². The molecule has 0 aromatic carbocycles. The molecule has 0 spiro atoms. The number of amides is 2. The van der Waals surface area contributed by atoms with E-state index in [1.54, 1.807) is 22.7 Å². The molecule has 0 saturated carbocycles. The summed E-state index contributed by atoms with van der Waals surface area (Å²) in [7, 11) is 0. The van der Waals surface area contributed by atoms with Crippen molar-refractivity contribution in [3.8, 4) is 9.75 Å². The van der Waals surface area contributed by atoms with Crippen LogP contribution in [0.4, 0.5) is 4.79 Å². The monoisotopic (exact) mass is 296 g/mol. The highest BCUT2D eigenvalue weighted by Crippen LogP contribution is 2.33. The van der Waals surface area contributed by atoms with E-state index in [1.165, 1.54) is 4.88 Å². The van der Waals surface area contributed by atoms with E-state index in [0.29, 0.717) is 6.54 Å². The normalized spacial score (nSPS) is 12.1. The van der Waals surface area contributed by atoms with E-state index < -0.39 is 6.10 Å². The Bertz CT molecular complexity index is 522. The van der Waals surface area contributed by atoms with Crippen molar-refractivity contribution in [1.29, 1.82) is 0 Å². The summed E-state index contributed by atoms with van der Waals surface area (Å²) in [6, 6.07) is 7.72. The number of thiophene rings is 2. The maximum atomic E-state index is 11.2. The number of hydrogen-bond acceptors (Lipinski definition) is 4. The molecule has 4 nitrogen and oxygen atoms in total. The van der Waals surface area contributed by atoms with Crippen LogP contribution in [-0.4, -0.2) is 24.2 Å². The SMILES string of the molecule is CCNC(=O)NC[C@H](O)c1ccc(-c2cccs2)s1. The number of hydrogen-bond donors (Lipinski definition) is 3. The van der Waals surface area contributed by atoms with E-state index in [0.717, 1.165) is 9.75 Å². The molecule has 6 heteroatoms. The highest BCUT2D eigenvalue weighted by Gasteiger charge is 2.12. The Hall–Kier alpha value is -1.37. The molecule has 2 heterocycles. The maximum Gasteiger partial charge on any atom is 0.314 e. The smallest absolute Gasteiger partial charge is 0.314 e. The Morgan fingerprint density at radius 3 is 2.84 bits per heavy atom. The Morgan fingerprint density at radius 1 is 1.32 bits per heavy atom. The molecule has 2 aromatic rings. The number of carbonyl (C=O) groups is 1. The average molecular weight is 296 g/mol. The third-order valence-corrected chi connectivity index (χ3v) is 4.76. The van der Waals surface area contributed by atoms with Crippen LogP contribution in [0.25, 0.3) is 9.75 Å². The minimum Gasteiger partial charge on any atom is -0.386 e. The van der Waals surface area contributed by atoms with Crippen molar-refractivity contribution in [3.63, 3.8) is 0 Å². The topological polar surface area (TPSA) is 61.4 Å². The van der Waals surface area contributed by atoms with E-state index in [4.69, 9.17) is 0 Å². The van der Waals surface area contributed by atoms with Crippen molar-refractivity contribution in [3.05, 3.63) is 34.5 Å². The zero-order chi connectivity index (χ0) is 13.7. The molecular formula is C13H16N2O2S2. The number of aliphatic hydroxyl groups excluding tert-OH is 1. The molecule has 3 N–H and O–H groups in total. The van der Waals surface area contributed by atoms with Crippen LogP contribution in [0.1, 0.15) is 17.9 Å². The van der Waals surface area contributed by atoms with Crippen LogP contribution in [0, 0.1) is 0 Å². The lowest BCUT2D eigenvalue weighted by Crippen LogP contribution is -2.37. The van der Waals surface area contributed by atoms with Crippen LogP contribution in [0.5, 0.6) is 0 Å². The third kappa shape index (κ3) is 3.79. The van der Waals surface area contributed by atoms with Gasteiger partial charge in [-0.3, -0.25) is 0 Å². The molecule has 0 saturated heterocycles. The van der Waals surface area contributed by atoms with Gasteiger partial charge in [0.05, 0.1) is 6.54 Å². The quantitative estimate of drug-likeness (QED) is 0.794. The van der Waals surface area contributed by atoms with Crippen LogP contribution >= 0.6 is 22.7 Å². The van der Waals surface area contributed by atoms with Gasteiger partial charge in [-0.25, -0.2) is 4.79 Å². The first-order chi connectivity index (χ1) is 9.20. The molecular weight excluding hydrogens is 280 g/mol. The summed E-state index contributed by atoms with van der Waals surface area (Å²) in [6.45, 7) is 2.64. The standard InChI is InChI=1S/C13H16N2O2S2/c1-2-14-13(17)15-8-9(16)10-5-6-12(19-10)11-4-3-7-18-11/h3-7,9,16H,2,8H2,1H3,(H2,14,15,17)/t9-/m0/s1. The maximum absolute atomic E-state index is 11.2. The Labute approximate surface area is 120 Å². The van der Waals surface area contributed by atoms with Crippen LogP contribution in [-0.2, 0) is 0 Å².